The minimum atomic E-state index is -1.42. The number of aliphatic hydroxyl groups excluding tert-OH is 1. The quantitative estimate of drug-likeness (QED) is 0.743. The van der Waals surface area contributed by atoms with Gasteiger partial charge in [-0.2, -0.15) is 0 Å². The van der Waals surface area contributed by atoms with Crippen LogP contribution in [-0.4, -0.2) is 35.7 Å². The van der Waals surface area contributed by atoms with Crippen molar-refractivity contribution in [3.8, 4) is 5.75 Å². The molecule has 0 aliphatic rings. The lowest BCUT2D eigenvalue weighted by molar-refractivity contribution is 0.00233. The average molecular weight is 226 g/mol. The Morgan fingerprint density at radius 2 is 2.12 bits per heavy atom. The molecule has 1 atom stereocenters. The summed E-state index contributed by atoms with van der Waals surface area (Å²) < 4.78 is 9.75. The fourth-order valence-corrected chi connectivity index (χ4v) is 1.17. The molecule has 1 aromatic carbocycles. The maximum Gasteiger partial charge on any atom is 0.506 e. The van der Waals surface area contributed by atoms with E-state index in [2.05, 4.69) is 4.74 Å². The molecule has 2 N–H and O–H groups in total. The van der Waals surface area contributed by atoms with Crippen LogP contribution in [0.25, 0.3) is 0 Å². The lowest BCUT2D eigenvalue weighted by Gasteiger charge is -2.15. The van der Waals surface area contributed by atoms with E-state index in [1.54, 1.807) is 6.07 Å². The molecule has 5 nitrogen and oxygen atoms in total. The molecule has 0 spiro atoms. The highest BCUT2D eigenvalue weighted by Crippen LogP contribution is 2.16. The van der Waals surface area contributed by atoms with Crippen molar-refractivity contribution in [1.29, 1.82) is 0 Å². The summed E-state index contributed by atoms with van der Waals surface area (Å²) in [4.78, 5) is 10.3. The number of carbonyl (C=O) groups is 1. The number of hydrogen-bond donors (Lipinski definition) is 2. The standard InChI is InChI=1S/C11H14O5/c1-8-4-2-3-5-10(8)15-7-9(6-12)16-11(13)14/h2-5,9,12H,6-7H2,1H3,(H,13,14). The Balaban J connectivity index is 2.49. The SMILES string of the molecule is Cc1ccccc1OCC(CO)OC(=O)O. The summed E-state index contributed by atoms with van der Waals surface area (Å²) >= 11 is 0. The molecular formula is C11H14O5. The van der Waals surface area contributed by atoms with Gasteiger partial charge in [-0.15, -0.1) is 0 Å². The van der Waals surface area contributed by atoms with Crippen LogP contribution >= 0.6 is 0 Å². The topological polar surface area (TPSA) is 76.0 Å². The Kier molecular flexibility index (Phi) is 4.60. The first kappa shape index (κ1) is 12.3. The third kappa shape index (κ3) is 3.78. The highest BCUT2D eigenvalue weighted by molar-refractivity contribution is 5.57. The zero-order valence-electron chi connectivity index (χ0n) is 8.92. The van der Waals surface area contributed by atoms with Gasteiger partial charge in [0.05, 0.1) is 6.61 Å². The van der Waals surface area contributed by atoms with Crippen molar-refractivity contribution in [2.24, 2.45) is 0 Å². The minimum Gasteiger partial charge on any atom is -0.489 e. The summed E-state index contributed by atoms with van der Waals surface area (Å²) in [5.74, 6) is 0.648. The first-order valence-electron chi connectivity index (χ1n) is 4.82. The van der Waals surface area contributed by atoms with Gasteiger partial charge in [0.25, 0.3) is 0 Å². The fourth-order valence-electron chi connectivity index (χ4n) is 1.17. The molecule has 0 fully saturated rings. The maximum absolute atomic E-state index is 10.3. The van der Waals surface area contributed by atoms with Crippen LogP contribution in [0, 0.1) is 6.92 Å². The second-order valence-electron chi connectivity index (χ2n) is 3.26. The summed E-state index contributed by atoms with van der Waals surface area (Å²) in [5.41, 5.74) is 0.939. The number of rotatable bonds is 5. The molecule has 0 saturated carbocycles. The summed E-state index contributed by atoms with van der Waals surface area (Å²) in [6, 6.07) is 7.33. The Hall–Kier alpha value is -1.75. The van der Waals surface area contributed by atoms with Gasteiger partial charge in [0, 0.05) is 0 Å². The van der Waals surface area contributed by atoms with E-state index in [9.17, 15) is 4.79 Å². The van der Waals surface area contributed by atoms with Gasteiger partial charge < -0.3 is 19.7 Å². The van der Waals surface area contributed by atoms with Crippen molar-refractivity contribution >= 4 is 6.16 Å². The molecule has 0 aromatic heterocycles. The molecule has 5 heteroatoms. The second-order valence-corrected chi connectivity index (χ2v) is 3.26. The highest BCUT2D eigenvalue weighted by atomic mass is 16.7. The zero-order valence-corrected chi connectivity index (χ0v) is 8.92. The van der Waals surface area contributed by atoms with E-state index >= 15 is 0 Å². The van der Waals surface area contributed by atoms with E-state index in [1.807, 2.05) is 25.1 Å². The van der Waals surface area contributed by atoms with Gasteiger partial charge in [0.1, 0.15) is 12.4 Å². The van der Waals surface area contributed by atoms with Crippen molar-refractivity contribution in [1.82, 2.24) is 0 Å². The molecule has 1 unspecified atom stereocenters. The summed E-state index contributed by atoms with van der Waals surface area (Å²) in [5, 5.41) is 17.2. The van der Waals surface area contributed by atoms with E-state index in [-0.39, 0.29) is 6.61 Å². The van der Waals surface area contributed by atoms with Crippen molar-refractivity contribution < 1.29 is 24.5 Å². The molecule has 0 bridgehead atoms. The van der Waals surface area contributed by atoms with Crippen molar-refractivity contribution in [2.45, 2.75) is 13.0 Å². The van der Waals surface area contributed by atoms with E-state index < -0.39 is 18.9 Å². The fraction of sp³-hybridized carbons (Fsp3) is 0.364. The molecule has 16 heavy (non-hydrogen) atoms. The Labute approximate surface area is 93.2 Å². The number of ether oxygens (including phenoxy) is 2. The molecule has 1 rings (SSSR count). The largest absolute Gasteiger partial charge is 0.506 e. The van der Waals surface area contributed by atoms with E-state index in [0.717, 1.165) is 5.56 Å². The lowest BCUT2D eigenvalue weighted by Crippen LogP contribution is -2.27. The molecule has 88 valence electrons. The van der Waals surface area contributed by atoms with Gasteiger partial charge in [0.15, 0.2) is 6.10 Å². The Bertz CT molecular complexity index is 350. The maximum atomic E-state index is 10.3. The van der Waals surface area contributed by atoms with Crippen LogP contribution in [0.3, 0.4) is 0 Å². The third-order valence-electron chi connectivity index (χ3n) is 1.99. The summed E-state index contributed by atoms with van der Waals surface area (Å²) in [6.45, 7) is 1.47. The smallest absolute Gasteiger partial charge is 0.489 e. The highest BCUT2D eigenvalue weighted by Gasteiger charge is 2.13. The predicted molar refractivity (Wildman–Crippen MR) is 56.7 cm³/mol. The number of carboxylic acid groups (broad SMARTS) is 1. The molecule has 0 heterocycles. The van der Waals surface area contributed by atoms with Gasteiger partial charge in [0.2, 0.25) is 0 Å². The van der Waals surface area contributed by atoms with Gasteiger partial charge in [-0.05, 0) is 18.6 Å². The minimum absolute atomic E-state index is 0.00630. The summed E-state index contributed by atoms with van der Waals surface area (Å²) in [6.07, 6.45) is -2.29. The number of aliphatic hydroxyl groups is 1. The zero-order chi connectivity index (χ0) is 12.0. The van der Waals surface area contributed by atoms with E-state index in [1.165, 1.54) is 0 Å². The number of para-hydroxylation sites is 1. The lowest BCUT2D eigenvalue weighted by atomic mass is 10.2. The van der Waals surface area contributed by atoms with Crippen LogP contribution in [0.15, 0.2) is 24.3 Å². The van der Waals surface area contributed by atoms with Crippen molar-refractivity contribution in [2.75, 3.05) is 13.2 Å². The monoisotopic (exact) mass is 226 g/mol. The van der Waals surface area contributed by atoms with Crippen LogP contribution < -0.4 is 4.74 Å². The number of benzene rings is 1. The normalized spacial score (nSPS) is 11.9. The van der Waals surface area contributed by atoms with Gasteiger partial charge in [-0.3, -0.25) is 0 Å². The Morgan fingerprint density at radius 3 is 2.69 bits per heavy atom. The van der Waals surface area contributed by atoms with Crippen LogP contribution in [0.4, 0.5) is 4.79 Å². The van der Waals surface area contributed by atoms with Crippen molar-refractivity contribution in [3.63, 3.8) is 0 Å². The first-order chi connectivity index (χ1) is 7.63. The predicted octanol–water partition coefficient (Wildman–Crippen LogP) is 1.43. The van der Waals surface area contributed by atoms with Gasteiger partial charge >= 0.3 is 6.16 Å². The third-order valence-corrected chi connectivity index (χ3v) is 1.99. The van der Waals surface area contributed by atoms with Gasteiger partial charge in [-0.25, -0.2) is 4.79 Å². The summed E-state index contributed by atoms with van der Waals surface area (Å²) in [7, 11) is 0. The first-order valence-corrected chi connectivity index (χ1v) is 4.82. The van der Waals surface area contributed by atoms with Crippen LogP contribution in [-0.2, 0) is 4.74 Å². The molecule has 0 saturated heterocycles. The molecule has 0 radical (unpaired) electrons. The van der Waals surface area contributed by atoms with Crippen LogP contribution in [0.1, 0.15) is 5.56 Å². The molecule has 0 amide bonds. The molecular weight excluding hydrogens is 212 g/mol. The molecule has 1 aromatic rings. The van der Waals surface area contributed by atoms with E-state index in [4.69, 9.17) is 14.9 Å². The van der Waals surface area contributed by atoms with E-state index in [0.29, 0.717) is 5.75 Å². The molecule has 0 aliphatic heterocycles. The average Bonchev–Trinajstić information content (AvgIpc) is 2.25. The molecule has 0 aliphatic carbocycles. The van der Waals surface area contributed by atoms with Crippen molar-refractivity contribution in [3.05, 3.63) is 29.8 Å². The Morgan fingerprint density at radius 1 is 1.44 bits per heavy atom. The van der Waals surface area contributed by atoms with Gasteiger partial charge in [-0.1, -0.05) is 18.2 Å². The van der Waals surface area contributed by atoms with Crippen LogP contribution in [0.5, 0.6) is 5.75 Å². The second kappa shape index (κ2) is 5.97. The number of aryl methyl sites for hydroxylation is 1. The van der Waals surface area contributed by atoms with Crippen LogP contribution in [0.2, 0.25) is 0 Å². The number of hydrogen-bond acceptors (Lipinski definition) is 4.